The van der Waals surface area contributed by atoms with E-state index in [0.717, 1.165) is 25.7 Å². The van der Waals surface area contributed by atoms with Gasteiger partial charge in [0.1, 0.15) is 0 Å². The van der Waals surface area contributed by atoms with Crippen molar-refractivity contribution in [3.8, 4) is 0 Å². The Morgan fingerprint density at radius 3 is 1.39 bits per heavy atom. The second-order valence-electron chi connectivity index (χ2n) is 7.72. The zero-order chi connectivity index (χ0) is 19.1. The summed E-state index contributed by atoms with van der Waals surface area (Å²) in [6, 6.07) is 33.3. The van der Waals surface area contributed by atoms with Crippen LogP contribution in [0.15, 0.2) is 113 Å². The molecule has 0 saturated heterocycles. The third-order valence-electron chi connectivity index (χ3n) is 5.35. The molecule has 0 aromatic heterocycles. The summed E-state index contributed by atoms with van der Waals surface area (Å²) in [5.41, 5.74) is 4.39. The summed E-state index contributed by atoms with van der Waals surface area (Å²) >= 11 is -0.280. The Labute approximate surface area is 177 Å². The van der Waals surface area contributed by atoms with Crippen molar-refractivity contribution in [3.63, 3.8) is 0 Å². The maximum atomic E-state index is 2.38. The van der Waals surface area contributed by atoms with E-state index in [2.05, 4.69) is 109 Å². The first kappa shape index (κ1) is 19.2. The molecule has 0 radical (unpaired) electrons. The maximum absolute atomic E-state index is 2.38. The predicted octanol–water partition coefficient (Wildman–Crippen LogP) is 6.80. The summed E-state index contributed by atoms with van der Waals surface area (Å²) in [4.78, 5) is 0. The molecular weight excluding hydrogens is 372 g/mol. The zero-order valence-electron chi connectivity index (χ0n) is 16.2. The van der Waals surface area contributed by atoms with Crippen LogP contribution in [0.1, 0.15) is 23.1 Å². The summed E-state index contributed by atoms with van der Waals surface area (Å²) in [6.07, 6.45) is 11.5. The van der Waals surface area contributed by atoms with Crippen LogP contribution in [0.25, 0.3) is 0 Å². The molecule has 0 unspecified atom stereocenters. The van der Waals surface area contributed by atoms with E-state index in [1.165, 1.54) is 16.7 Å². The molecule has 1 aliphatic carbocycles. The Morgan fingerprint density at radius 2 is 1.04 bits per heavy atom. The molecule has 0 saturated carbocycles. The van der Waals surface area contributed by atoms with Crippen LogP contribution in [0.2, 0.25) is 3.72 Å². The Hall–Kier alpha value is -2.15. The van der Waals surface area contributed by atoms with Gasteiger partial charge in [0, 0.05) is 0 Å². The standard InChI is InChI=1S/C22H21.C5H5.Ti/c1-4-10-19(11-5-1)16-22(17-20-12-6-2-7-13-20)18-21-14-8-3-9-15-21;1-2-4-5-3-1;/h1-15H,16-18H2;1-3H,4H2;. The third kappa shape index (κ3) is 5.22. The molecule has 0 nitrogen and oxygen atoms in total. The van der Waals surface area contributed by atoms with Crippen LogP contribution in [-0.2, 0) is 38.4 Å². The molecule has 0 amide bonds. The summed E-state index contributed by atoms with van der Waals surface area (Å²) in [5.74, 6) is 0. The first-order chi connectivity index (χ1) is 13.8. The third-order valence-corrected chi connectivity index (χ3v) is 8.09. The molecule has 0 atom stereocenters. The van der Waals surface area contributed by atoms with Gasteiger partial charge in [-0.2, -0.15) is 0 Å². The molecule has 0 bridgehead atoms. The van der Waals surface area contributed by atoms with Crippen LogP contribution in [0.3, 0.4) is 0 Å². The van der Waals surface area contributed by atoms with Gasteiger partial charge in [0.15, 0.2) is 0 Å². The molecule has 0 fully saturated rings. The molecule has 1 heteroatoms. The van der Waals surface area contributed by atoms with Gasteiger partial charge in [-0.25, -0.2) is 0 Å². The van der Waals surface area contributed by atoms with E-state index in [1.54, 1.807) is 3.88 Å². The van der Waals surface area contributed by atoms with Crippen LogP contribution in [0.4, 0.5) is 0 Å². The van der Waals surface area contributed by atoms with Crippen molar-refractivity contribution >= 4 is 0 Å². The zero-order valence-corrected chi connectivity index (χ0v) is 17.8. The van der Waals surface area contributed by atoms with E-state index in [1.807, 2.05) is 0 Å². The number of hydrogen-bond acceptors (Lipinski definition) is 0. The second kappa shape index (κ2) is 9.37. The summed E-state index contributed by atoms with van der Waals surface area (Å²) in [7, 11) is 0. The fourth-order valence-electron chi connectivity index (χ4n) is 4.16. The van der Waals surface area contributed by atoms with Gasteiger partial charge in [-0.3, -0.25) is 0 Å². The molecule has 0 spiro atoms. The molecule has 0 aliphatic heterocycles. The first-order valence-electron chi connectivity index (χ1n) is 10.1. The van der Waals surface area contributed by atoms with E-state index >= 15 is 0 Å². The van der Waals surface area contributed by atoms with Gasteiger partial charge in [0.25, 0.3) is 0 Å². The topological polar surface area (TPSA) is 0 Å². The van der Waals surface area contributed by atoms with Crippen molar-refractivity contribution < 1.29 is 19.2 Å². The van der Waals surface area contributed by atoms with E-state index in [0.29, 0.717) is 3.72 Å². The fourth-order valence-corrected chi connectivity index (χ4v) is 7.22. The van der Waals surface area contributed by atoms with Gasteiger partial charge >= 0.3 is 178 Å². The Bertz CT molecular complexity index is 822. The Morgan fingerprint density at radius 1 is 0.607 bits per heavy atom. The molecule has 28 heavy (non-hydrogen) atoms. The van der Waals surface area contributed by atoms with Gasteiger partial charge in [-0.15, -0.1) is 0 Å². The van der Waals surface area contributed by atoms with Crippen molar-refractivity contribution in [1.29, 1.82) is 0 Å². The summed E-state index contributed by atoms with van der Waals surface area (Å²) in [5, 5.41) is 0. The quantitative estimate of drug-likeness (QED) is 0.366. The van der Waals surface area contributed by atoms with Gasteiger partial charge in [-0.05, 0) is 0 Å². The van der Waals surface area contributed by atoms with E-state index in [-0.39, 0.29) is 19.2 Å². The monoisotopic (exact) mass is 398 g/mol. The molecule has 0 heterocycles. The summed E-state index contributed by atoms with van der Waals surface area (Å²) in [6.45, 7) is 0. The van der Waals surface area contributed by atoms with Crippen molar-refractivity contribution in [3.05, 3.63) is 130 Å². The molecule has 4 rings (SSSR count). The van der Waals surface area contributed by atoms with Crippen LogP contribution in [0, 0.1) is 0 Å². The van der Waals surface area contributed by atoms with Crippen molar-refractivity contribution in [2.45, 2.75) is 29.4 Å². The average Bonchev–Trinajstić information content (AvgIpc) is 3.23. The fraction of sp³-hybridized carbons (Fsp3) is 0.185. The van der Waals surface area contributed by atoms with Crippen molar-refractivity contribution in [2.75, 3.05) is 0 Å². The molecular formula is C27H26Ti. The SMILES string of the molecule is C1=CC[C]([Ti][C](Cc2ccccc2)(Cc2ccccc2)Cc2ccccc2)=C1. The normalized spacial score (nSPS) is 13.4. The van der Waals surface area contributed by atoms with Crippen molar-refractivity contribution in [1.82, 2.24) is 0 Å². The molecule has 0 N–H and O–H groups in total. The van der Waals surface area contributed by atoms with Crippen LogP contribution >= 0.6 is 0 Å². The van der Waals surface area contributed by atoms with Gasteiger partial charge in [0.2, 0.25) is 0 Å². The number of allylic oxidation sites excluding steroid dienone is 4. The number of hydrogen-bond donors (Lipinski definition) is 0. The minimum absolute atomic E-state index is 0.280. The van der Waals surface area contributed by atoms with E-state index in [9.17, 15) is 0 Å². The predicted molar refractivity (Wildman–Crippen MR) is 115 cm³/mol. The average molecular weight is 398 g/mol. The van der Waals surface area contributed by atoms with Crippen LogP contribution < -0.4 is 0 Å². The van der Waals surface area contributed by atoms with Gasteiger partial charge < -0.3 is 0 Å². The molecule has 138 valence electrons. The summed E-state index contributed by atoms with van der Waals surface area (Å²) < 4.78 is 1.98. The van der Waals surface area contributed by atoms with E-state index in [4.69, 9.17) is 0 Å². The number of benzene rings is 3. The Balaban J connectivity index is 1.72. The van der Waals surface area contributed by atoms with Crippen LogP contribution in [-0.4, -0.2) is 0 Å². The van der Waals surface area contributed by atoms with Crippen molar-refractivity contribution in [2.24, 2.45) is 0 Å². The second-order valence-corrected chi connectivity index (χ2v) is 10.8. The molecule has 3 aromatic carbocycles. The number of rotatable bonds is 8. The van der Waals surface area contributed by atoms with E-state index < -0.39 is 0 Å². The van der Waals surface area contributed by atoms with Crippen LogP contribution in [0.5, 0.6) is 0 Å². The minimum atomic E-state index is -0.280. The first-order valence-corrected chi connectivity index (χ1v) is 11.6. The molecule has 3 aromatic rings. The van der Waals surface area contributed by atoms with Gasteiger partial charge in [0.05, 0.1) is 0 Å². The molecule has 1 aliphatic rings. The van der Waals surface area contributed by atoms with Gasteiger partial charge in [-0.1, -0.05) is 0 Å². The Kier molecular flexibility index (Phi) is 6.42.